The molecular formula is C18H26N2S. The smallest absolute Gasteiger partial charge is 0.0972 e. The van der Waals surface area contributed by atoms with E-state index in [1.165, 1.54) is 28.2 Å². The largest absolute Gasteiger partial charge is 0.313 e. The van der Waals surface area contributed by atoms with Crippen LogP contribution in [-0.4, -0.2) is 11.5 Å². The summed E-state index contributed by atoms with van der Waals surface area (Å²) in [5, 5.41) is 6.86. The van der Waals surface area contributed by atoms with Gasteiger partial charge in [0.1, 0.15) is 0 Å². The topological polar surface area (TPSA) is 24.9 Å². The van der Waals surface area contributed by atoms with Gasteiger partial charge in [-0.1, -0.05) is 52.0 Å². The van der Waals surface area contributed by atoms with Crippen LogP contribution in [-0.2, 0) is 18.4 Å². The lowest BCUT2D eigenvalue weighted by atomic mass is 9.93. The molecular weight excluding hydrogens is 276 g/mol. The quantitative estimate of drug-likeness (QED) is 0.793. The highest BCUT2D eigenvalue weighted by Crippen LogP contribution is 2.25. The maximum absolute atomic E-state index is 4.78. The van der Waals surface area contributed by atoms with Crippen molar-refractivity contribution in [1.29, 1.82) is 0 Å². The number of rotatable bonds is 6. The van der Waals surface area contributed by atoms with Crippen molar-refractivity contribution < 1.29 is 0 Å². The Balaban J connectivity index is 2.02. The minimum Gasteiger partial charge on any atom is -0.313 e. The van der Waals surface area contributed by atoms with Gasteiger partial charge in [-0.25, -0.2) is 4.98 Å². The summed E-state index contributed by atoms with van der Waals surface area (Å²) in [6, 6.07) is 8.83. The molecule has 0 radical (unpaired) electrons. The van der Waals surface area contributed by atoms with Crippen LogP contribution in [0.4, 0.5) is 0 Å². The second-order valence-corrected chi connectivity index (χ2v) is 7.49. The number of benzene rings is 1. The third kappa shape index (κ3) is 4.94. The Morgan fingerprint density at radius 2 is 1.95 bits per heavy atom. The van der Waals surface area contributed by atoms with E-state index in [0.717, 1.165) is 19.5 Å². The lowest BCUT2D eigenvalue weighted by Gasteiger charge is -2.14. The van der Waals surface area contributed by atoms with E-state index in [0.29, 0.717) is 0 Å². The van der Waals surface area contributed by atoms with Crippen molar-refractivity contribution in [2.24, 2.45) is 0 Å². The van der Waals surface area contributed by atoms with Crippen LogP contribution >= 0.6 is 11.3 Å². The Morgan fingerprint density at radius 1 is 1.19 bits per heavy atom. The van der Waals surface area contributed by atoms with Crippen molar-refractivity contribution in [3.05, 3.63) is 51.5 Å². The second kappa shape index (κ2) is 7.19. The molecule has 0 saturated carbocycles. The fourth-order valence-corrected chi connectivity index (χ4v) is 3.23. The molecule has 1 heterocycles. The Hall–Kier alpha value is -1.19. The van der Waals surface area contributed by atoms with Gasteiger partial charge < -0.3 is 5.32 Å². The third-order valence-electron chi connectivity index (χ3n) is 3.42. The number of aromatic nitrogens is 1. The molecule has 0 spiro atoms. The molecule has 0 bridgehead atoms. The zero-order valence-electron chi connectivity index (χ0n) is 13.6. The zero-order valence-corrected chi connectivity index (χ0v) is 14.4. The average Bonchev–Trinajstić information content (AvgIpc) is 2.88. The summed E-state index contributed by atoms with van der Waals surface area (Å²) in [6.45, 7) is 10.9. The fraction of sp³-hybridized carbons (Fsp3) is 0.500. The minimum atomic E-state index is 0.140. The SMILES string of the molecule is CCCNCc1cccc(Cc2nc(C(C)(C)C)cs2)c1. The highest BCUT2D eigenvalue weighted by atomic mass is 32.1. The summed E-state index contributed by atoms with van der Waals surface area (Å²) >= 11 is 1.77. The molecule has 3 heteroatoms. The maximum atomic E-state index is 4.78. The van der Waals surface area contributed by atoms with E-state index in [9.17, 15) is 0 Å². The van der Waals surface area contributed by atoms with E-state index in [2.05, 4.69) is 62.7 Å². The van der Waals surface area contributed by atoms with E-state index >= 15 is 0 Å². The number of thiazole rings is 1. The number of nitrogens with one attached hydrogen (secondary N) is 1. The first-order valence-electron chi connectivity index (χ1n) is 7.72. The normalized spacial score (nSPS) is 11.8. The van der Waals surface area contributed by atoms with Crippen LogP contribution in [0.1, 0.15) is 55.9 Å². The number of nitrogens with zero attached hydrogens (tertiary/aromatic N) is 1. The predicted molar refractivity (Wildman–Crippen MR) is 92.1 cm³/mol. The molecule has 1 aromatic carbocycles. The molecule has 2 aromatic rings. The molecule has 0 aliphatic carbocycles. The molecule has 1 N–H and O–H groups in total. The Morgan fingerprint density at radius 3 is 2.62 bits per heavy atom. The van der Waals surface area contributed by atoms with E-state index in [1.54, 1.807) is 11.3 Å². The molecule has 0 fully saturated rings. The van der Waals surface area contributed by atoms with Gasteiger partial charge in [0.15, 0.2) is 0 Å². The van der Waals surface area contributed by atoms with Crippen molar-refractivity contribution in [1.82, 2.24) is 10.3 Å². The Bertz CT molecular complexity index is 567. The van der Waals surface area contributed by atoms with Crippen LogP contribution in [0, 0.1) is 0 Å². The van der Waals surface area contributed by atoms with Gasteiger partial charge in [0.2, 0.25) is 0 Å². The van der Waals surface area contributed by atoms with Gasteiger partial charge in [-0.2, -0.15) is 0 Å². The molecule has 114 valence electrons. The van der Waals surface area contributed by atoms with Crippen molar-refractivity contribution in [2.45, 2.75) is 52.5 Å². The molecule has 2 nitrogen and oxygen atoms in total. The van der Waals surface area contributed by atoms with Gasteiger partial charge in [-0.3, -0.25) is 0 Å². The summed E-state index contributed by atoms with van der Waals surface area (Å²) in [5.41, 5.74) is 4.04. The first-order valence-corrected chi connectivity index (χ1v) is 8.60. The van der Waals surface area contributed by atoms with Crippen LogP contribution in [0.25, 0.3) is 0 Å². The Kier molecular flexibility index (Phi) is 5.54. The summed E-state index contributed by atoms with van der Waals surface area (Å²) in [4.78, 5) is 4.78. The lowest BCUT2D eigenvalue weighted by molar-refractivity contribution is 0.571. The number of hydrogen-bond acceptors (Lipinski definition) is 3. The van der Waals surface area contributed by atoms with Crippen molar-refractivity contribution in [2.75, 3.05) is 6.54 Å². The molecule has 0 aliphatic rings. The maximum Gasteiger partial charge on any atom is 0.0972 e. The lowest BCUT2D eigenvalue weighted by Crippen LogP contribution is -2.13. The molecule has 0 unspecified atom stereocenters. The zero-order chi connectivity index (χ0) is 15.3. The van der Waals surface area contributed by atoms with Gasteiger partial charge in [0, 0.05) is 23.8 Å². The Labute approximate surface area is 132 Å². The molecule has 2 rings (SSSR count). The van der Waals surface area contributed by atoms with Gasteiger partial charge in [0.25, 0.3) is 0 Å². The van der Waals surface area contributed by atoms with Crippen LogP contribution < -0.4 is 5.32 Å². The van der Waals surface area contributed by atoms with Crippen LogP contribution in [0.15, 0.2) is 29.6 Å². The van der Waals surface area contributed by atoms with E-state index in [4.69, 9.17) is 4.98 Å². The summed E-state index contributed by atoms with van der Waals surface area (Å²) in [7, 11) is 0. The van der Waals surface area contributed by atoms with Gasteiger partial charge >= 0.3 is 0 Å². The van der Waals surface area contributed by atoms with Gasteiger partial charge in [0.05, 0.1) is 10.7 Å². The van der Waals surface area contributed by atoms with E-state index in [1.807, 2.05) is 0 Å². The van der Waals surface area contributed by atoms with Crippen LogP contribution in [0.5, 0.6) is 0 Å². The fourth-order valence-electron chi connectivity index (χ4n) is 2.17. The molecule has 0 saturated heterocycles. The minimum absolute atomic E-state index is 0.140. The van der Waals surface area contributed by atoms with E-state index in [-0.39, 0.29) is 5.41 Å². The number of hydrogen-bond donors (Lipinski definition) is 1. The standard InChI is InChI=1S/C18H26N2S/c1-5-9-19-12-15-8-6-7-14(10-15)11-17-20-16(13-21-17)18(2,3)4/h6-8,10,13,19H,5,9,11-12H2,1-4H3. The molecule has 1 aromatic heterocycles. The summed E-state index contributed by atoms with van der Waals surface area (Å²) in [5.74, 6) is 0. The third-order valence-corrected chi connectivity index (χ3v) is 4.27. The monoisotopic (exact) mass is 302 g/mol. The average molecular weight is 302 g/mol. The molecule has 21 heavy (non-hydrogen) atoms. The molecule has 0 atom stereocenters. The van der Waals surface area contributed by atoms with Crippen LogP contribution in [0.2, 0.25) is 0 Å². The molecule has 0 amide bonds. The highest BCUT2D eigenvalue weighted by molar-refractivity contribution is 7.09. The predicted octanol–water partition coefficient (Wildman–Crippen LogP) is 4.53. The van der Waals surface area contributed by atoms with Crippen molar-refractivity contribution >= 4 is 11.3 Å². The first-order chi connectivity index (χ1) is 9.99. The van der Waals surface area contributed by atoms with E-state index < -0.39 is 0 Å². The van der Waals surface area contributed by atoms with Crippen molar-refractivity contribution in [3.63, 3.8) is 0 Å². The summed E-state index contributed by atoms with van der Waals surface area (Å²) in [6.07, 6.45) is 2.11. The highest BCUT2D eigenvalue weighted by Gasteiger charge is 2.17. The molecule has 0 aliphatic heterocycles. The van der Waals surface area contributed by atoms with Crippen LogP contribution in [0.3, 0.4) is 0 Å². The second-order valence-electron chi connectivity index (χ2n) is 6.55. The first kappa shape index (κ1) is 16.2. The van der Waals surface area contributed by atoms with Gasteiger partial charge in [-0.15, -0.1) is 11.3 Å². The van der Waals surface area contributed by atoms with Crippen molar-refractivity contribution in [3.8, 4) is 0 Å². The van der Waals surface area contributed by atoms with Gasteiger partial charge in [-0.05, 0) is 24.1 Å². The summed E-state index contributed by atoms with van der Waals surface area (Å²) < 4.78 is 0.